The van der Waals surface area contributed by atoms with Crippen LogP contribution in [0.25, 0.3) is 0 Å². The second-order valence-electron chi connectivity index (χ2n) is 5.67. The number of rotatable bonds is 6. The van der Waals surface area contributed by atoms with Crippen LogP contribution in [0.1, 0.15) is 29.6 Å². The van der Waals surface area contributed by atoms with Gasteiger partial charge in [-0.3, -0.25) is 4.79 Å². The second kappa shape index (κ2) is 8.78. The van der Waals surface area contributed by atoms with Gasteiger partial charge in [-0.1, -0.05) is 12.3 Å². The molecule has 7 nitrogen and oxygen atoms in total. The Morgan fingerprint density at radius 3 is 2.62 bits per heavy atom. The van der Waals surface area contributed by atoms with Gasteiger partial charge in [0.2, 0.25) is 10.0 Å². The first kappa shape index (κ1) is 19.9. The summed E-state index contributed by atoms with van der Waals surface area (Å²) in [5, 5.41) is 2.31. The Hall–Kier alpha value is -2.44. The summed E-state index contributed by atoms with van der Waals surface area (Å²) in [5.74, 6) is -0.283. The largest absolute Gasteiger partial charge is 0.452 e. The van der Waals surface area contributed by atoms with Crippen molar-refractivity contribution in [3.63, 3.8) is 0 Å². The van der Waals surface area contributed by atoms with E-state index in [0.717, 1.165) is 24.6 Å². The number of terminal acetylenes is 1. The maximum Gasteiger partial charge on any atom is 0.338 e. The fourth-order valence-corrected chi connectivity index (χ4v) is 4.09. The predicted octanol–water partition coefficient (Wildman–Crippen LogP) is 0.906. The molecule has 0 atom stereocenters. The van der Waals surface area contributed by atoms with Crippen molar-refractivity contribution in [2.45, 2.75) is 24.2 Å². The van der Waals surface area contributed by atoms with E-state index < -0.39 is 39.2 Å². The molecule has 0 aromatic heterocycles. The van der Waals surface area contributed by atoms with Crippen LogP contribution >= 0.6 is 0 Å². The van der Waals surface area contributed by atoms with Gasteiger partial charge >= 0.3 is 5.97 Å². The fourth-order valence-electron chi connectivity index (χ4n) is 2.49. The number of nitrogens with zero attached hydrogens (tertiary/aromatic N) is 1. The highest BCUT2D eigenvalue weighted by Gasteiger charge is 2.29. The molecular formula is C17H19FN2O5S. The number of carbonyl (C=O) groups excluding carboxylic acids is 2. The molecule has 140 valence electrons. The molecule has 1 fully saturated rings. The molecule has 0 aliphatic carbocycles. The Bertz CT molecular complexity index is 826. The molecule has 1 aromatic carbocycles. The van der Waals surface area contributed by atoms with Crippen molar-refractivity contribution >= 4 is 21.9 Å². The summed E-state index contributed by atoms with van der Waals surface area (Å²) in [4.78, 5) is 22.8. The zero-order chi connectivity index (χ0) is 19.2. The highest BCUT2D eigenvalue weighted by molar-refractivity contribution is 7.89. The minimum absolute atomic E-state index is 0.00877. The van der Waals surface area contributed by atoms with Crippen molar-refractivity contribution in [3.8, 4) is 12.3 Å². The molecule has 2 rings (SSSR count). The van der Waals surface area contributed by atoms with Crippen molar-refractivity contribution in [1.29, 1.82) is 0 Å². The van der Waals surface area contributed by atoms with Crippen LogP contribution in [-0.2, 0) is 19.6 Å². The van der Waals surface area contributed by atoms with Crippen molar-refractivity contribution in [2.75, 3.05) is 26.2 Å². The summed E-state index contributed by atoms with van der Waals surface area (Å²) in [5.41, 5.74) is -0.160. The van der Waals surface area contributed by atoms with Gasteiger partial charge in [-0.05, 0) is 31.0 Å². The molecule has 0 spiro atoms. The third kappa shape index (κ3) is 4.80. The predicted molar refractivity (Wildman–Crippen MR) is 91.1 cm³/mol. The highest BCUT2D eigenvalue weighted by Crippen LogP contribution is 2.24. The van der Waals surface area contributed by atoms with E-state index in [4.69, 9.17) is 11.2 Å². The summed E-state index contributed by atoms with van der Waals surface area (Å²) in [7, 11) is -4.04. The standard InChI is InChI=1S/C17H19FN2O5S/c1-2-8-19-16(21)12-25-17(22)13-6-7-14(18)15(11-13)26(23,24)20-9-4-3-5-10-20/h1,6-7,11H,3-5,8-10,12H2,(H,19,21). The number of ether oxygens (including phenoxy) is 1. The highest BCUT2D eigenvalue weighted by atomic mass is 32.2. The van der Waals surface area contributed by atoms with Crippen LogP contribution in [0.3, 0.4) is 0 Å². The lowest BCUT2D eigenvalue weighted by molar-refractivity contribution is -0.123. The molecule has 1 N–H and O–H groups in total. The minimum Gasteiger partial charge on any atom is -0.452 e. The molecule has 26 heavy (non-hydrogen) atoms. The average Bonchev–Trinajstić information content (AvgIpc) is 2.65. The molecule has 9 heteroatoms. The molecule has 1 saturated heterocycles. The lowest BCUT2D eigenvalue weighted by Crippen LogP contribution is -2.36. The van der Waals surface area contributed by atoms with E-state index in [9.17, 15) is 22.4 Å². The summed E-state index contributed by atoms with van der Waals surface area (Å²) in [6.45, 7) is 0.0366. The Morgan fingerprint density at radius 2 is 1.96 bits per heavy atom. The first-order valence-corrected chi connectivity index (χ1v) is 9.47. The second-order valence-corrected chi connectivity index (χ2v) is 7.57. The number of hydrogen-bond donors (Lipinski definition) is 1. The number of carbonyl (C=O) groups is 2. The number of sulfonamides is 1. The Kier molecular flexibility index (Phi) is 6.71. The maximum atomic E-state index is 14.1. The van der Waals surface area contributed by atoms with Crippen molar-refractivity contribution in [1.82, 2.24) is 9.62 Å². The smallest absolute Gasteiger partial charge is 0.338 e. The van der Waals surface area contributed by atoms with E-state index in [1.807, 2.05) is 0 Å². The van der Waals surface area contributed by atoms with Gasteiger partial charge in [0.15, 0.2) is 6.61 Å². The molecule has 0 radical (unpaired) electrons. The van der Waals surface area contributed by atoms with Gasteiger partial charge in [0, 0.05) is 13.1 Å². The summed E-state index contributed by atoms with van der Waals surface area (Å²) < 4.78 is 45.3. The number of esters is 1. The lowest BCUT2D eigenvalue weighted by atomic mass is 10.2. The summed E-state index contributed by atoms with van der Waals surface area (Å²) >= 11 is 0. The minimum atomic E-state index is -4.04. The van der Waals surface area contributed by atoms with Crippen LogP contribution in [0, 0.1) is 18.2 Å². The molecule has 1 aliphatic heterocycles. The third-order valence-corrected chi connectivity index (χ3v) is 5.74. The van der Waals surface area contributed by atoms with Gasteiger partial charge in [0.05, 0.1) is 12.1 Å². The van der Waals surface area contributed by atoms with Crippen molar-refractivity contribution in [2.24, 2.45) is 0 Å². The van der Waals surface area contributed by atoms with Gasteiger partial charge < -0.3 is 10.1 Å². The SMILES string of the molecule is C#CCNC(=O)COC(=O)c1ccc(F)c(S(=O)(=O)N2CCCCC2)c1. The number of hydrogen-bond acceptors (Lipinski definition) is 5. The molecule has 0 unspecified atom stereocenters. The van der Waals surface area contributed by atoms with E-state index >= 15 is 0 Å². The van der Waals surface area contributed by atoms with Gasteiger partial charge in [0.1, 0.15) is 10.7 Å². The monoisotopic (exact) mass is 382 g/mol. The van der Waals surface area contributed by atoms with Crippen molar-refractivity contribution in [3.05, 3.63) is 29.6 Å². The molecule has 0 saturated carbocycles. The number of halogens is 1. The Balaban J connectivity index is 2.15. The van der Waals surface area contributed by atoms with Crippen molar-refractivity contribution < 1.29 is 27.1 Å². The molecule has 1 amide bonds. The first-order chi connectivity index (χ1) is 12.4. The number of piperidine rings is 1. The summed E-state index contributed by atoms with van der Waals surface area (Å²) in [6, 6.07) is 2.93. The molecule has 1 aliphatic rings. The van der Waals surface area contributed by atoms with E-state index in [0.29, 0.717) is 25.9 Å². The number of amides is 1. The van der Waals surface area contributed by atoms with E-state index in [-0.39, 0.29) is 12.1 Å². The molecular weight excluding hydrogens is 363 g/mol. The fraction of sp³-hybridized carbons (Fsp3) is 0.412. The van der Waals surface area contributed by atoms with Crippen LogP contribution in [0.15, 0.2) is 23.1 Å². The van der Waals surface area contributed by atoms with Crippen LogP contribution in [0.5, 0.6) is 0 Å². The topological polar surface area (TPSA) is 92.8 Å². The number of nitrogens with one attached hydrogen (secondary N) is 1. The van der Waals surface area contributed by atoms with Gasteiger partial charge in [-0.2, -0.15) is 4.31 Å². The first-order valence-electron chi connectivity index (χ1n) is 8.03. The van der Waals surface area contributed by atoms with Gasteiger partial charge in [-0.25, -0.2) is 17.6 Å². The Labute approximate surface area is 151 Å². The zero-order valence-corrected chi connectivity index (χ0v) is 14.9. The third-order valence-electron chi connectivity index (χ3n) is 3.82. The summed E-state index contributed by atoms with van der Waals surface area (Å²) in [6.07, 6.45) is 7.31. The van der Waals surface area contributed by atoms with E-state index in [1.165, 1.54) is 4.31 Å². The normalized spacial score (nSPS) is 15.1. The molecule has 0 bridgehead atoms. The lowest BCUT2D eigenvalue weighted by Gasteiger charge is -2.26. The average molecular weight is 382 g/mol. The molecule has 1 aromatic rings. The van der Waals surface area contributed by atoms with E-state index in [2.05, 4.69) is 11.2 Å². The number of benzene rings is 1. The quantitative estimate of drug-likeness (QED) is 0.583. The molecule has 1 heterocycles. The van der Waals surface area contributed by atoms with Gasteiger partial charge in [-0.15, -0.1) is 6.42 Å². The van der Waals surface area contributed by atoms with Crippen LogP contribution in [0.4, 0.5) is 4.39 Å². The van der Waals surface area contributed by atoms with E-state index in [1.54, 1.807) is 0 Å². The van der Waals surface area contributed by atoms with Gasteiger partial charge in [0.25, 0.3) is 5.91 Å². The van der Waals surface area contributed by atoms with Crippen LogP contribution < -0.4 is 5.32 Å². The Morgan fingerprint density at radius 1 is 1.27 bits per heavy atom. The zero-order valence-electron chi connectivity index (χ0n) is 14.0. The van der Waals surface area contributed by atoms with Crippen LogP contribution in [-0.4, -0.2) is 50.8 Å². The maximum absolute atomic E-state index is 14.1. The van der Waals surface area contributed by atoms with Crippen LogP contribution in [0.2, 0.25) is 0 Å².